The van der Waals surface area contributed by atoms with Gasteiger partial charge in [0.15, 0.2) is 0 Å². The number of rotatable bonds is 3. The van der Waals surface area contributed by atoms with Gasteiger partial charge in [0, 0.05) is 11.6 Å². The van der Waals surface area contributed by atoms with Gasteiger partial charge < -0.3 is 5.11 Å². The van der Waals surface area contributed by atoms with Crippen molar-refractivity contribution in [2.45, 2.75) is 0 Å². The number of thiazole rings is 1. The van der Waals surface area contributed by atoms with Crippen LogP contribution in [0.25, 0.3) is 21.5 Å². The second kappa shape index (κ2) is 6.28. The number of allylic oxidation sites excluding steroid dienone is 1. The predicted octanol–water partition coefficient (Wildman–Crippen LogP) is 4.81. The normalized spacial score (nSPS) is 11.8. The maximum atomic E-state index is 11.0. The number of aromatic nitrogens is 1. The second-order valence-corrected chi connectivity index (χ2v) is 6.18. The van der Waals surface area contributed by atoms with Gasteiger partial charge in [-0.15, -0.1) is 11.3 Å². The molecule has 0 aliphatic heterocycles. The van der Waals surface area contributed by atoms with Crippen LogP contribution in [0.2, 0.25) is 5.02 Å². The predicted molar refractivity (Wildman–Crippen MR) is 92.8 cm³/mol. The van der Waals surface area contributed by atoms with Crippen molar-refractivity contribution >= 4 is 50.2 Å². The molecule has 0 fully saturated rings. The molecule has 0 amide bonds. The second-order valence-electron chi connectivity index (χ2n) is 4.75. The number of nitro benzene ring substituents is 1. The quantitative estimate of drug-likeness (QED) is 0.314. The van der Waals surface area contributed by atoms with Crippen LogP contribution in [0.1, 0.15) is 10.6 Å². The molecule has 0 bridgehead atoms. The van der Waals surface area contributed by atoms with Gasteiger partial charge in [-0.2, -0.15) is 5.26 Å². The van der Waals surface area contributed by atoms with E-state index in [0.29, 0.717) is 10.5 Å². The topological polar surface area (TPSA) is 100 Å². The van der Waals surface area contributed by atoms with E-state index in [-0.39, 0.29) is 27.6 Å². The maximum absolute atomic E-state index is 11.0. The highest BCUT2D eigenvalue weighted by molar-refractivity contribution is 7.19. The number of aliphatic hydroxyl groups is 1. The largest absolute Gasteiger partial charge is 0.506 e. The van der Waals surface area contributed by atoms with E-state index in [1.807, 2.05) is 24.3 Å². The van der Waals surface area contributed by atoms with E-state index >= 15 is 0 Å². The molecule has 1 aromatic heterocycles. The minimum Gasteiger partial charge on any atom is -0.506 e. The Balaban J connectivity index is 2.16. The van der Waals surface area contributed by atoms with Gasteiger partial charge in [0.05, 0.1) is 15.1 Å². The van der Waals surface area contributed by atoms with Crippen LogP contribution in [0.5, 0.6) is 0 Å². The third-order valence-corrected chi connectivity index (χ3v) is 4.65. The molecule has 0 atom stereocenters. The summed E-state index contributed by atoms with van der Waals surface area (Å²) in [5, 5.41) is 31.1. The zero-order chi connectivity index (χ0) is 17.3. The maximum Gasteiger partial charge on any atom is 0.288 e. The number of nitriles is 1. The molecular weight excluding hydrogens is 350 g/mol. The molecule has 0 unspecified atom stereocenters. The van der Waals surface area contributed by atoms with Crippen LogP contribution >= 0.6 is 22.9 Å². The lowest BCUT2D eigenvalue weighted by Crippen LogP contribution is -1.94. The molecule has 0 aliphatic rings. The third kappa shape index (κ3) is 2.80. The van der Waals surface area contributed by atoms with E-state index in [1.54, 1.807) is 6.07 Å². The first-order chi connectivity index (χ1) is 11.5. The van der Waals surface area contributed by atoms with E-state index in [9.17, 15) is 20.5 Å². The molecule has 0 spiro atoms. The van der Waals surface area contributed by atoms with Gasteiger partial charge in [-0.3, -0.25) is 10.1 Å². The lowest BCUT2D eigenvalue weighted by Gasteiger charge is -2.03. The summed E-state index contributed by atoms with van der Waals surface area (Å²) in [5.74, 6) is -0.378. The number of hydrogen-bond acceptors (Lipinski definition) is 6. The summed E-state index contributed by atoms with van der Waals surface area (Å²) in [5.41, 5.74) is 0.442. The Morgan fingerprint density at radius 3 is 2.75 bits per heavy atom. The minimum absolute atomic E-state index is 0.0463. The molecule has 8 heteroatoms. The van der Waals surface area contributed by atoms with Crippen LogP contribution in [0.4, 0.5) is 5.69 Å². The van der Waals surface area contributed by atoms with E-state index in [0.717, 1.165) is 10.8 Å². The number of nitro groups is 1. The lowest BCUT2D eigenvalue weighted by molar-refractivity contribution is -0.384. The fourth-order valence-corrected chi connectivity index (χ4v) is 3.27. The molecule has 0 radical (unpaired) electrons. The van der Waals surface area contributed by atoms with Gasteiger partial charge in [0.25, 0.3) is 5.69 Å². The van der Waals surface area contributed by atoms with E-state index in [2.05, 4.69) is 4.98 Å². The van der Waals surface area contributed by atoms with Crippen LogP contribution in [-0.4, -0.2) is 15.0 Å². The highest BCUT2D eigenvalue weighted by atomic mass is 35.5. The summed E-state index contributed by atoms with van der Waals surface area (Å²) in [6, 6.07) is 13.1. The zero-order valence-corrected chi connectivity index (χ0v) is 13.5. The number of nitrogens with zero attached hydrogens (tertiary/aromatic N) is 3. The molecule has 0 saturated carbocycles. The molecule has 1 N–H and O–H groups in total. The number of halogens is 1. The Kier molecular flexibility index (Phi) is 4.16. The van der Waals surface area contributed by atoms with E-state index < -0.39 is 4.92 Å². The minimum atomic E-state index is -0.650. The van der Waals surface area contributed by atoms with Crippen LogP contribution in [0.3, 0.4) is 0 Å². The third-order valence-electron chi connectivity index (χ3n) is 3.27. The molecule has 0 saturated heterocycles. The Morgan fingerprint density at radius 1 is 1.33 bits per heavy atom. The van der Waals surface area contributed by atoms with Crippen LogP contribution < -0.4 is 0 Å². The van der Waals surface area contributed by atoms with Gasteiger partial charge >= 0.3 is 0 Å². The fraction of sp³-hybridized carbons (Fsp3) is 0. The van der Waals surface area contributed by atoms with Crippen LogP contribution in [0.15, 0.2) is 42.5 Å². The first-order valence-electron chi connectivity index (χ1n) is 6.65. The van der Waals surface area contributed by atoms with Crippen molar-refractivity contribution in [1.82, 2.24) is 4.98 Å². The standard InChI is InChI=1S/C16H8ClN3O3S/c17-11-6-5-9(7-13(11)20(22)23)15(21)10(8-18)16-19-12-3-1-2-4-14(12)24-16/h1-7,21H/b15-10-. The highest BCUT2D eigenvalue weighted by Crippen LogP contribution is 2.33. The van der Waals surface area contributed by atoms with Gasteiger partial charge in [-0.1, -0.05) is 23.7 Å². The van der Waals surface area contributed by atoms with Crippen LogP contribution in [0, 0.1) is 21.4 Å². The average molecular weight is 358 g/mol. The molecule has 0 aliphatic carbocycles. The summed E-state index contributed by atoms with van der Waals surface area (Å²) in [7, 11) is 0. The number of benzene rings is 2. The lowest BCUT2D eigenvalue weighted by atomic mass is 10.1. The first kappa shape index (κ1) is 15.9. The SMILES string of the molecule is N#C/C(=C(/O)c1ccc(Cl)c([N+](=O)[O-])c1)c1nc2ccccc2s1. The average Bonchev–Trinajstić information content (AvgIpc) is 2.99. The van der Waals surface area contributed by atoms with E-state index in [4.69, 9.17) is 11.6 Å². The molecule has 2 aromatic carbocycles. The zero-order valence-electron chi connectivity index (χ0n) is 11.9. The van der Waals surface area contributed by atoms with Gasteiger partial charge in [-0.05, 0) is 24.3 Å². The summed E-state index contributed by atoms with van der Waals surface area (Å²) < 4.78 is 0.870. The molecule has 24 heavy (non-hydrogen) atoms. The Bertz CT molecular complexity index is 1000. The highest BCUT2D eigenvalue weighted by Gasteiger charge is 2.19. The van der Waals surface area contributed by atoms with Gasteiger partial charge in [0.1, 0.15) is 27.4 Å². The number of hydrogen-bond donors (Lipinski definition) is 1. The summed E-state index contributed by atoms with van der Waals surface area (Å²) >= 11 is 7.02. The monoisotopic (exact) mass is 357 g/mol. The Labute approximate surface area is 145 Å². The van der Waals surface area contributed by atoms with Crippen molar-refractivity contribution in [3.63, 3.8) is 0 Å². The van der Waals surface area contributed by atoms with Gasteiger partial charge in [-0.25, -0.2) is 4.98 Å². The van der Waals surface area contributed by atoms with Crippen molar-refractivity contribution in [1.29, 1.82) is 5.26 Å². The number of para-hydroxylation sites is 1. The molecule has 3 rings (SSSR count). The van der Waals surface area contributed by atoms with Crippen molar-refractivity contribution in [3.05, 3.63) is 68.2 Å². The molecule has 118 valence electrons. The first-order valence-corrected chi connectivity index (χ1v) is 7.84. The Hall–Kier alpha value is -2.95. The van der Waals surface area contributed by atoms with Crippen molar-refractivity contribution < 1.29 is 10.0 Å². The van der Waals surface area contributed by atoms with Crippen molar-refractivity contribution in [3.8, 4) is 6.07 Å². The smallest absolute Gasteiger partial charge is 0.288 e. The molecule has 3 aromatic rings. The van der Waals surface area contributed by atoms with Crippen molar-refractivity contribution in [2.24, 2.45) is 0 Å². The van der Waals surface area contributed by atoms with E-state index in [1.165, 1.54) is 23.5 Å². The molecule has 1 heterocycles. The number of fused-ring (bicyclic) bond motifs is 1. The van der Waals surface area contributed by atoms with Gasteiger partial charge in [0.2, 0.25) is 0 Å². The Morgan fingerprint density at radius 2 is 2.08 bits per heavy atom. The molecular formula is C16H8ClN3O3S. The summed E-state index contributed by atoms with van der Waals surface area (Å²) in [4.78, 5) is 14.6. The number of aliphatic hydroxyl groups excluding tert-OH is 1. The van der Waals surface area contributed by atoms with Crippen LogP contribution in [-0.2, 0) is 0 Å². The molecule has 6 nitrogen and oxygen atoms in total. The van der Waals surface area contributed by atoms with Crippen molar-refractivity contribution in [2.75, 3.05) is 0 Å². The summed E-state index contributed by atoms with van der Waals surface area (Å²) in [6.07, 6.45) is 0. The fourth-order valence-electron chi connectivity index (χ4n) is 2.13. The summed E-state index contributed by atoms with van der Waals surface area (Å²) in [6.45, 7) is 0.